The minimum Gasteiger partial charge on any atom is -0.355 e. The Hall–Kier alpha value is -4.42. The van der Waals surface area contributed by atoms with Gasteiger partial charge in [-0.3, -0.25) is 13.9 Å². The van der Waals surface area contributed by atoms with Crippen molar-refractivity contribution in [2.75, 3.05) is 17.4 Å². The lowest BCUT2D eigenvalue weighted by Crippen LogP contribution is -2.53. The van der Waals surface area contributed by atoms with Crippen LogP contribution in [0.15, 0.2) is 102 Å². The third-order valence-electron chi connectivity index (χ3n) is 7.32. The third-order valence-corrected chi connectivity index (χ3v) is 9.44. The molecule has 47 heavy (non-hydrogen) atoms. The smallest absolute Gasteiger partial charge is 0.355 e. The minimum atomic E-state index is -4.93. The van der Waals surface area contributed by atoms with E-state index in [1.54, 1.807) is 44.2 Å². The number of aryl methyl sites for hydroxylation is 1. The molecule has 248 valence electrons. The van der Waals surface area contributed by atoms with Gasteiger partial charge in [-0.05, 0) is 67.4 Å². The number of likely N-dealkylation sites (N-methyl/N-ethyl adjacent to an activating group) is 1. The zero-order valence-electron chi connectivity index (χ0n) is 25.5. The molecule has 1 atom stereocenters. The van der Waals surface area contributed by atoms with Crippen LogP contribution in [0.4, 0.5) is 23.2 Å². The van der Waals surface area contributed by atoms with E-state index in [9.17, 15) is 35.6 Å². The van der Waals surface area contributed by atoms with Gasteiger partial charge in [-0.25, -0.2) is 12.8 Å². The molecule has 0 spiro atoms. The lowest BCUT2D eigenvalue weighted by atomic mass is 10.0. The van der Waals surface area contributed by atoms with Gasteiger partial charge in [0.2, 0.25) is 11.8 Å². The van der Waals surface area contributed by atoms with E-state index in [0.29, 0.717) is 21.5 Å². The standard InChI is InChI=1S/C34H32ClF4N3O4S/c1-3-40-33(44)31(19-24-7-5-4-6-8-24)41(21-25-11-13-26(36)14-12-25)32(43)22-42(47(45,46)28-16-9-23(2)10-17-28)27-15-18-30(35)29(20-27)34(37,38)39/h4-18,20,31H,3,19,21-22H2,1-2H3,(H,40,44). The highest BCUT2D eigenvalue weighted by atomic mass is 35.5. The minimum absolute atomic E-state index is 0.0312. The van der Waals surface area contributed by atoms with Crippen molar-refractivity contribution in [2.24, 2.45) is 0 Å². The summed E-state index contributed by atoms with van der Waals surface area (Å²) in [6, 6.07) is 21.0. The Morgan fingerprint density at radius 3 is 2.13 bits per heavy atom. The second kappa shape index (κ2) is 15.0. The van der Waals surface area contributed by atoms with E-state index in [1.165, 1.54) is 48.5 Å². The van der Waals surface area contributed by atoms with Crippen LogP contribution in [-0.4, -0.2) is 44.3 Å². The van der Waals surface area contributed by atoms with Crippen molar-refractivity contribution >= 4 is 39.1 Å². The van der Waals surface area contributed by atoms with E-state index in [4.69, 9.17) is 11.6 Å². The molecule has 0 heterocycles. The molecule has 0 aliphatic carbocycles. The quantitative estimate of drug-likeness (QED) is 0.166. The maximum absolute atomic E-state index is 14.3. The van der Waals surface area contributed by atoms with Crippen molar-refractivity contribution in [3.63, 3.8) is 0 Å². The number of hydrogen-bond donors (Lipinski definition) is 1. The van der Waals surface area contributed by atoms with Gasteiger partial charge in [0.05, 0.1) is 21.2 Å². The highest BCUT2D eigenvalue weighted by Gasteiger charge is 2.37. The maximum Gasteiger partial charge on any atom is 0.417 e. The molecular formula is C34H32ClF4N3O4S. The van der Waals surface area contributed by atoms with Gasteiger partial charge in [0.1, 0.15) is 18.4 Å². The molecule has 4 rings (SSSR count). The number of nitrogens with zero attached hydrogens (tertiary/aromatic N) is 2. The number of benzene rings is 4. The summed E-state index contributed by atoms with van der Waals surface area (Å²) >= 11 is 5.84. The van der Waals surface area contributed by atoms with Crippen LogP contribution in [0.25, 0.3) is 0 Å². The van der Waals surface area contributed by atoms with Crippen molar-refractivity contribution in [1.82, 2.24) is 10.2 Å². The van der Waals surface area contributed by atoms with Gasteiger partial charge < -0.3 is 10.2 Å². The monoisotopic (exact) mass is 689 g/mol. The van der Waals surface area contributed by atoms with Crippen LogP contribution < -0.4 is 9.62 Å². The van der Waals surface area contributed by atoms with Crippen molar-refractivity contribution in [2.45, 2.75) is 43.9 Å². The first-order valence-electron chi connectivity index (χ1n) is 14.5. The molecule has 2 amide bonds. The van der Waals surface area contributed by atoms with Crippen LogP contribution >= 0.6 is 11.6 Å². The molecular weight excluding hydrogens is 658 g/mol. The Morgan fingerprint density at radius 2 is 1.53 bits per heavy atom. The predicted molar refractivity (Wildman–Crippen MR) is 172 cm³/mol. The molecule has 0 bridgehead atoms. The molecule has 0 radical (unpaired) electrons. The fraction of sp³-hybridized carbons (Fsp3) is 0.235. The number of alkyl halides is 3. The van der Waals surface area contributed by atoms with E-state index in [0.717, 1.165) is 22.6 Å². The number of rotatable bonds is 12. The van der Waals surface area contributed by atoms with Crippen molar-refractivity contribution in [1.29, 1.82) is 0 Å². The van der Waals surface area contributed by atoms with Crippen LogP contribution in [-0.2, 0) is 38.8 Å². The molecule has 4 aromatic rings. The molecule has 1 N–H and O–H groups in total. The molecule has 4 aromatic carbocycles. The summed E-state index contributed by atoms with van der Waals surface area (Å²) in [6.07, 6.45) is -4.90. The molecule has 13 heteroatoms. The van der Waals surface area contributed by atoms with Gasteiger partial charge in [0.25, 0.3) is 10.0 Å². The van der Waals surface area contributed by atoms with Gasteiger partial charge in [-0.15, -0.1) is 0 Å². The molecule has 0 aromatic heterocycles. The number of carbonyl (C=O) groups is 2. The van der Waals surface area contributed by atoms with Crippen LogP contribution in [0.2, 0.25) is 5.02 Å². The van der Waals surface area contributed by atoms with E-state index in [-0.39, 0.29) is 24.4 Å². The first-order chi connectivity index (χ1) is 22.2. The summed E-state index contributed by atoms with van der Waals surface area (Å²) in [5.41, 5.74) is 0.0995. The molecule has 1 unspecified atom stereocenters. The molecule has 0 fully saturated rings. The summed E-state index contributed by atoms with van der Waals surface area (Å²) in [6.45, 7) is 2.44. The predicted octanol–water partition coefficient (Wildman–Crippen LogP) is 6.78. The Kier molecular flexibility index (Phi) is 11.3. The fourth-order valence-electron chi connectivity index (χ4n) is 4.88. The summed E-state index contributed by atoms with van der Waals surface area (Å²) in [4.78, 5) is 28.7. The maximum atomic E-state index is 14.3. The van der Waals surface area contributed by atoms with E-state index < -0.39 is 62.7 Å². The SMILES string of the molecule is CCNC(=O)C(Cc1ccccc1)N(Cc1ccc(F)cc1)C(=O)CN(c1ccc(Cl)c(C(F)(F)F)c1)S(=O)(=O)c1ccc(C)cc1. The average molecular weight is 690 g/mol. The van der Waals surface area contributed by atoms with Gasteiger partial charge in [-0.1, -0.05) is 71.8 Å². The van der Waals surface area contributed by atoms with Crippen molar-refractivity contribution in [3.8, 4) is 0 Å². The highest BCUT2D eigenvalue weighted by Crippen LogP contribution is 2.38. The van der Waals surface area contributed by atoms with Crippen molar-refractivity contribution < 1.29 is 35.6 Å². The Labute approximate surface area is 275 Å². The summed E-state index contributed by atoms with van der Waals surface area (Å²) in [5.74, 6) is -1.96. The van der Waals surface area contributed by atoms with Crippen LogP contribution in [0.1, 0.15) is 29.2 Å². The lowest BCUT2D eigenvalue weighted by Gasteiger charge is -2.34. The Morgan fingerprint density at radius 1 is 0.894 bits per heavy atom. The topological polar surface area (TPSA) is 86.8 Å². The normalized spacial score (nSPS) is 12.3. The first-order valence-corrected chi connectivity index (χ1v) is 16.3. The number of halogens is 5. The second-order valence-corrected chi connectivity index (χ2v) is 13.0. The van der Waals surface area contributed by atoms with Gasteiger partial charge >= 0.3 is 6.18 Å². The number of nitrogens with one attached hydrogen (secondary N) is 1. The third kappa shape index (κ3) is 8.89. The average Bonchev–Trinajstić information content (AvgIpc) is 3.03. The summed E-state index contributed by atoms with van der Waals surface area (Å²) in [5, 5.41) is 2.05. The zero-order chi connectivity index (χ0) is 34.4. The zero-order valence-corrected chi connectivity index (χ0v) is 27.0. The van der Waals surface area contributed by atoms with Crippen LogP contribution in [0, 0.1) is 12.7 Å². The fourth-order valence-corrected chi connectivity index (χ4v) is 6.52. The van der Waals surface area contributed by atoms with E-state index >= 15 is 0 Å². The Balaban J connectivity index is 1.85. The van der Waals surface area contributed by atoms with Gasteiger partial charge in [0.15, 0.2) is 0 Å². The van der Waals surface area contributed by atoms with E-state index in [1.807, 2.05) is 0 Å². The second-order valence-electron chi connectivity index (χ2n) is 10.7. The van der Waals surface area contributed by atoms with E-state index in [2.05, 4.69) is 5.32 Å². The number of anilines is 1. The summed E-state index contributed by atoms with van der Waals surface area (Å²) in [7, 11) is -4.64. The molecule has 0 saturated carbocycles. The van der Waals surface area contributed by atoms with Gasteiger partial charge in [-0.2, -0.15) is 13.2 Å². The number of sulfonamides is 1. The number of hydrogen-bond acceptors (Lipinski definition) is 4. The molecule has 0 saturated heterocycles. The number of carbonyl (C=O) groups excluding carboxylic acids is 2. The first kappa shape index (κ1) is 35.4. The largest absolute Gasteiger partial charge is 0.417 e. The van der Waals surface area contributed by atoms with Crippen LogP contribution in [0.5, 0.6) is 0 Å². The number of amides is 2. The lowest BCUT2D eigenvalue weighted by molar-refractivity contribution is -0.140. The molecule has 7 nitrogen and oxygen atoms in total. The molecule has 0 aliphatic rings. The highest BCUT2D eigenvalue weighted by molar-refractivity contribution is 7.92. The Bertz CT molecular complexity index is 1800. The summed E-state index contributed by atoms with van der Waals surface area (Å²) < 4.78 is 84.1. The molecule has 0 aliphatic heterocycles. The van der Waals surface area contributed by atoms with Crippen molar-refractivity contribution in [3.05, 3.63) is 130 Å². The van der Waals surface area contributed by atoms with Gasteiger partial charge in [0, 0.05) is 19.5 Å². The van der Waals surface area contributed by atoms with Crippen LogP contribution in [0.3, 0.4) is 0 Å².